The minimum absolute atomic E-state index is 0.0148. The van der Waals surface area contributed by atoms with Gasteiger partial charge in [0, 0.05) is 11.6 Å². The molecule has 0 aromatic heterocycles. The molecule has 1 heterocycles. The van der Waals surface area contributed by atoms with Gasteiger partial charge in [0.15, 0.2) is 0 Å². The van der Waals surface area contributed by atoms with Crippen molar-refractivity contribution >= 4 is 35.2 Å². The molecule has 31 heavy (non-hydrogen) atoms. The molecule has 0 spiro atoms. The standard InChI is InChI=1S/C23H21N3O4S/c1-14-8-10-16(11-9-14)25-18(27)13-31-22-17(12-24)19(15-6-4-3-5-7-15)20(21(28)26-22)23(29)30-2/h3-11,19-20H,13H2,1-2H3,(H,25,27)(H,26,28)/t19-,20+/m0/s1. The van der Waals surface area contributed by atoms with Crippen LogP contribution in [0.1, 0.15) is 17.0 Å². The number of aryl methyl sites for hydroxylation is 1. The van der Waals surface area contributed by atoms with E-state index in [0.29, 0.717) is 11.3 Å². The largest absolute Gasteiger partial charge is 0.468 e. The van der Waals surface area contributed by atoms with Crippen molar-refractivity contribution in [1.29, 1.82) is 5.26 Å². The van der Waals surface area contributed by atoms with E-state index in [2.05, 4.69) is 16.7 Å². The van der Waals surface area contributed by atoms with Crippen molar-refractivity contribution in [3.63, 3.8) is 0 Å². The van der Waals surface area contributed by atoms with Crippen LogP contribution in [0.25, 0.3) is 0 Å². The van der Waals surface area contributed by atoms with Crippen molar-refractivity contribution in [3.05, 3.63) is 76.3 Å². The number of esters is 1. The first-order chi connectivity index (χ1) is 14.9. The van der Waals surface area contributed by atoms with E-state index in [0.717, 1.165) is 17.3 Å². The maximum atomic E-state index is 12.7. The fourth-order valence-electron chi connectivity index (χ4n) is 3.31. The molecule has 1 aliphatic rings. The van der Waals surface area contributed by atoms with Gasteiger partial charge < -0.3 is 15.4 Å². The van der Waals surface area contributed by atoms with Crippen LogP contribution in [0, 0.1) is 24.2 Å². The van der Waals surface area contributed by atoms with Gasteiger partial charge in [-0.2, -0.15) is 5.26 Å². The molecule has 2 aromatic carbocycles. The number of nitrogens with zero attached hydrogens (tertiary/aromatic N) is 1. The molecule has 1 aliphatic heterocycles. The third-order valence-corrected chi connectivity index (χ3v) is 5.84. The molecule has 0 aliphatic carbocycles. The van der Waals surface area contributed by atoms with Gasteiger partial charge in [0.25, 0.3) is 0 Å². The molecule has 0 saturated heterocycles. The number of amides is 2. The number of benzene rings is 2. The normalized spacial score (nSPS) is 18.0. The fraction of sp³-hybridized carbons (Fsp3) is 0.217. The minimum atomic E-state index is -1.19. The lowest BCUT2D eigenvalue weighted by Gasteiger charge is -2.30. The first-order valence-electron chi connectivity index (χ1n) is 9.51. The van der Waals surface area contributed by atoms with E-state index in [1.165, 1.54) is 7.11 Å². The van der Waals surface area contributed by atoms with Gasteiger partial charge in [0.1, 0.15) is 5.92 Å². The van der Waals surface area contributed by atoms with E-state index < -0.39 is 23.7 Å². The summed E-state index contributed by atoms with van der Waals surface area (Å²) in [6.07, 6.45) is 0. The van der Waals surface area contributed by atoms with Crippen LogP contribution in [-0.4, -0.2) is 30.6 Å². The first kappa shape index (κ1) is 22.1. The topological polar surface area (TPSA) is 108 Å². The Labute approximate surface area is 184 Å². The maximum absolute atomic E-state index is 12.7. The zero-order chi connectivity index (χ0) is 22.4. The Morgan fingerprint density at radius 3 is 2.45 bits per heavy atom. The number of hydrogen-bond donors (Lipinski definition) is 2. The Kier molecular flexibility index (Phi) is 7.11. The Balaban J connectivity index is 1.85. The number of nitriles is 1. The zero-order valence-electron chi connectivity index (χ0n) is 17.0. The van der Waals surface area contributed by atoms with Crippen molar-refractivity contribution in [3.8, 4) is 6.07 Å². The van der Waals surface area contributed by atoms with Crippen molar-refractivity contribution < 1.29 is 19.1 Å². The highest BCUT2D eigenvalue weighted by Gasteiger charge is 2.44. The number of hydrogen-bond acceptors (Lipinski definition) is 6. The molecule has 0 saturated carbocycles. The predicted molar refractivity (Wildman–Crippen MR) is 118 cm³/mol. The third kappa shape index (κ3) is 5.13. The van der Waals surface area contributed by atoms with Crippen LogP contribution in [0.5, 0.6) is 0 Å². The molecule has 158 valence electrons. The summed E-state index contributed by atoms with van der Waals surface area (Å²) in [5.41, 5.74) is 2.60. The summed E-state index contributed by atoms with van der Waals surface area (Å²) < 4.78 is 4.81. The van der Waals surface area contributed by atoms with Gasteiger partial charge in [-0.25, -0.2) is 0 Å². The number of anilines is 1. The van der Waals surface area contributed by atoms with Gasteiger partial charge in [-0.1, -0.05) is 59.8 Å². The lowest BCUT2D eigenvalue weighted by Crippen LogP contribution is -2.44. The SMILES string of the molecule is COC(=O)[C@H]1C(=O)NC(SCC(=O)Nc2ccc(C)cc2)=C(C#N)[C@@H]1c1ccccc1. The molecule has 2 aromatic rings. The molecule has 2 amide bonds. The van der Waals surface area contributed by atoms with E-state index in [9.17, 15) is 19.6 Å². The molecule has 2 N–H and O–H groups in total. The van der Waals surface area contributed by atoms with Crippen LogP contribution in [0.3, 0.4) is 0 Å². The average Bonchev–Trinajstić information content (AvgIpc) is 2.78. The molecular formula is C23H21N3O4S. The van der Waals surface area contributed by atoms with Crippen molar-refractivity contribution in [2.45, 2.75) is 12.8 Å². The predicted octanol–water partition coefficient (Wildman–Crippen LogP) is 3.10. The van der Waals surface area contributed by atoms with Gasteiger partial charge in [-0.05, 0) is 24.6 Å². The monoisotopic (exact) mass is 435 g/mol. The van der Waals surface area contributed by atoms with Gasteiger partial charge in [0.2, 0.25) is 11.8 Å². The second kappa shape index (κ2) is 9.96. The van der Waals surface area contributed by atoms with E-state index in [1.54, 1.807) is 42.5 Å². The Morgan fingerprint density at radius 1 is 1.16 bits per heavy atom. The number of rotatable bonds is 6. The van der Waals surface area contributed by atoms with E-state index in [1.807, 2.05) is 19.1 Å². The van der Waals surface area contributed by atoms with Gasteiger partial charge >= 0.3 is 5.97 Å². The molecule has 0 radical (unpaired) electrons. The Morgan fingerprint density at radius 2 is 1.84 bits per heavy atom. The van der Waals surface area contributed by atoms with Gasteiger partial charge in [-0.3, -0.25) is 14.4 Å². The second-order valence-corrected chi connectivity index (χ2v) is 7.92. The molecule has 7 nitrogen and oxygen atoms in total. The maximum Gasteiger partial charge on any atom is 0.319 e. The molecule has 0 bridgehead atoms. The Hall–Kier alpha value is -3.57. The van der Waals surface area contributed by atoms with Crippen molar-refractivity contribution in [1.82, 2.24) is 5.32 Å². The summed E-state index contributed by atoms with van der Waals surface area (Å²) in [7, 11) is 1.20. The summed E-state index contributed by atoms with van der Waals surface area (Å²) in [6.45, 7) is 1.95. The second-order valence-electron chi connectivity index (χ2n) is 6.94. The van der Waals surface area contributed by atoms with Crippen LogP contribution >= 0.6 is 11.8 Å². The summed E-state index contributed by atoms with van der Waals surface area (Å²) in [5, 5.41) is 15.5. The van der Waals surface area contributed by atoms with E-state index in [-0.39, 0.29) is 22.3 Å². The van der Waals surface area contributed by atoms with Crippen LogP contribution < -0.4 is 10.6 Å². The number of carbonyl (C=O) groups is 3. The quantitative estimate of drug-likeness (QED) is 0.533. The summed E-state index contributed by atoms with van der Waals surface area (Å²) >= 11 is 1.05. The van der Waals surface area contributed by atoms with E-state index >= 15 is 0 Å². The average molecular weight is 436 g/mol. The highest BCUT2D eigenvalue weighted by Crippen LogP contribution is 2.40. The van der Waals surface area contributed by atoms with Crippen LogP contribution in [0.2, 0.25) is 0 Å². The lowest BCUT2D eigenvalue weighted by atomic mass is 9.78. The minimum Gasteiger partial charge on any atom is -0.468 e. The number of carbonyl (C=O) groups excluding carboxylic acids is 3. The van der Waals surface area contributed by atoms with Gasteiger partial charge in [0.05, 0.1) is 29.5 Å². The molecular weight excluding hydrogens is 414 g/mol. The fourth-order valence-corrected chi connectivity index (χ4v) is 4.16. The summed E-state index contributed by atoms with van der Waals surface area (Å²) in [5.74, 6) is -3.57. The van der Waals surface area contributed by atoms with E-state index in [4.69, 9.17) is 4.74 Å². The smallest absolute Gasteiger partial charge is 0.319 e. The number of nitrogens with one attached hydrogen (secondary N) is 2. The highest BCUT2D eigenvalue weighted by atomic mass is 32.2. The zero-order valence-corrected chi connectivity index (χ0v) is 17.9. The summed E-state index contributed by atoms with van der Waals surface area (Å²) in [4.78, 5) is 37.4. The van der Waals surface area contributed by atoms with Crippen LogP contribution in [-0.2, 0) is 19.1 Å². The molecule has 8 heteroatoms. The number of thioether (sulfide) groups is 1. The number of ether oxygens (including phenoxy) is 1. The van der Waals surface area contributed by atoms with Crippen molar-refractivity contribution in [2.24, 2.45) is 5.92 Å². The first-order valence-corrected chi connectivity index (χ1v) is 10.5. The number of methoxy groups -OCH3 is 1. The van der Waals surface area contributed by atoms with Crippen LogP contribution in [0.15, 0.2) is 65.2 Å². The van der Waals surface area contributed by atoms with Gasteiger partial charge in [-0.15, -0.1) is 0 Å². The van der Waals surface area contributed by atoms with Crippen molar-refractivity contribution in [2.75, 3.05) is 18.2 Å². The molecule has 0 fully saturated rings. The number of allylic oxidation sites excluding steroid dienone is 1. The highest BCUT2D eigenvalue weighted by molar-refractivity contribution is 8.03. The third-order valence-electron chi connectivity index (χ3n) is 4.83. The summed E-state index contributed by atoms with van der Waals surface area (Å²) in [6, 6.07) is 18.3. The molecule has 0 unspecified atom stereocenters. The molecule has 2 atom stereocenters. The lowest BCUT2D eigenvalue weighted by molar-refractivity contribution is -0.150. The Bertz CT molecular complexity index is 1060. The van der Waals surface area contributed by atoms with Crippen LogP contribution in [0.4, 0.5) is 5.69 Å². The molecule has 3 rings (SSSR count).